The molecule has 1 unspecified atom stereocenters. The van der Waals surface area contributed by atoms with Gasteiger partial charge in [-0.15, -0.1) is 0 Å². The van der Waals surface area contributed by atoms with Crippen LogP contribution in [0.3, 0.4) is 0 Å². The van der Waals surface area contributed by atoms with Crippen LogP contribution in [0.1, 0.15) is 26.3 Å². The highest BCUT2D eigenvalue weighted by Gasteiger charge is 2.37. The second-order valence-electron chi connectivity index (χ2n) is 5.67. The third kappa shape index (κ3) is 3.18. The molecule has 0 radical (unpaired) electrons. The van der Waals surface area contributed by atoms with E-state index < -0.39 is 11.5 Å². The van der Waals surface area contributed by atoms with Crippen LogP contribution in [0.15, 0.2) is 23.3 Å². The zero-order valence-electron chi connectivity index (χ0n) is 12.7. The van der Waals surface area contributed by atoms with Crippen molar-refractivity contribution in [2.45, 2.75) is 26.3 Å². The van der Waals surface area contributed by atoms with Gasteiger partial charge in [-0.3, -0.25) is 0 Å². The Kier molecular flexibility index (Phi) is 4.33. The van der Waals surface area contributed by atoms with Crippen molar-refractivity contribution in [3.8, 4) is 11.8 Å². The lowest BCUT2D eigenvalue weighted by molar-refractivity contribution is -0.140. The molecule has 1 aromatic rings. The summed E-state index contributed by atoms with van der Waals surface area (Å²) < 4.78 is 5.59. The van der Waals surface area contributed by atoms with Gasteiger partial charge < -0.3 is 9.84 Å². The van der Waals surface area contributed by atoms with Gasteiger partial charge in [0.2, 0.25) is 0 Å². The second kappa shape index (κ2) is 6.03. The predicted octanol–water partition coefficient (Wildman–Crippen LogP) is 1.75. The van der Waals surface area contributed by atoms with E-state index >= 15 is 0 Å². The summed E-state index contributed by atoms with van der Waals surface area (Å²) in [4.78, 5) is 11.2. The number of rotatable bonds is 5. The fourth-order valence-electron chi connectivity index (χ4n) is 1.80. The van der Waals surface area contributed by atoms with Crippen molar-refractivity contribution in [2.75, 3.05) is 11.7 Å². The van der Waals surface area contributed by atoms with Crippen molar-refractivity contribution < 1.29 is 14.6 Å². The van der Waals surface area contributed by atoms with Crippen molar-refractivity contribution >= 4 is 17.9 Å². The van der Waals surface area contributed by atoms with Crippen molar-refractivity contribution in [3.63, 3.8) is 0 Å². The maximum atomic E-state index is 11.2. The number of aliphatic carboxylic acids is 1. The standard InChI is InChI=1S/C15H18N4O3/c1-10(2)8-22-13-5-4-12(6-11(13)7-16)19-17-9-15(3,18-19)14(20)21/h4-6,9-10,18H,8H2,1-3H3,(H,20,21). The van der Waals surface area contributed by atoms with E-state index in [1.807, 2.05) is 13.8 Å². The molecule has 0 saturated heterocycles. The van der Waals surface area contributed by atoms with Gasteiger partial charge in [-0.05, 0) is 31.0 Å². The van der Waals surface area contributed by atoms with Gasteiger partial charge in [0, 0.05) is 0 Å². The van der Waals surface area contributed by atoms with Crippen LogP contribution in [-0.4, -0.2) is 29.4 Å². The molecule has 0 aromatic heterocycles. The summed E-state index contributed by atoms with van der Waals surface area (Å²) in [5.74, 6) is -0.174. The minimum atomic E-state index is -1.26. The Labute approximate surface area is 128 Å². The SMILES string of the molecule is CC(C)COc1ccc(N2N=CC(C)(C(=O)O)N2)cc1C#N. The normalized spacial score (nSPS) is 20.2. The summed E-state index contributed by atoms with van der Waals surface area (Å²) in [5.41, 5.74) is 2.44. The Hall–Kier alpha value is -2.59. The van der Waals surface area contributed by atoms with Crippen LogP contribution in [0.5, 0.6) is 5.75 Å². The van der Waals surface area contributed by atoms with Gasteiger partial charge in [-0.25, -0.2) is 4.79 Å². The number of hydrogen-bond donors (Lipinski definition) is 2. The minimum absolute atomic E-state index is 0.354. The molecule has 0 amide bonds. The highest BCUT2D eigenvalue weighted by Crippen LogP contribution is 2.26. The number of anilines is 1. The Balaban J connectivity index is 2.20. The quantitative estimate of drug-likeness (QED) is 0.860. The minimum Gasteiger partial charge on any atom is -0.492 e. The first-order valence-corrected chi connectivity index (χ1v) is 6.89. The fraction of sp³-hybridized carbons (Fsp3) is 0.400. The largest absolute Gasteiger partial charge is 0.492 e. The van der Waals surface area contributed by atoms with E-state index in [1.54, 1.807) is 18.2 Å². The van der Waals surface area contributed by atoms with Crippen LogP contribution in [0.2, 0.25) is 0 Å². The lowest BCUT2D eigenvalue weighted by Crippen LogP contribution is -2.51. The molecule has 1 aliphatic rings. The van der Waals surface area contributed by atoms with Crippen LogP contribution >= 0.6 is 0 Å². The van der Waals surface area contributed by atoms with Gasteiger partial charge in [-0.1, -0.05) is 13.8 Å². The molecule has 2 N–H and O–H groups in total. The molecule has 1 aliphatic heterocycles. The Morgan fingerprint density at radius 3 is 2.86 bits per heavy atom. The molecule has 1 heterocycles. The number of carboxylic acids is 1. The van der Waals surface area contributed by atoms with Crippen molar-refractivity contribution in [1.82, 2.24) is 5.43 Å². The molecule has 0 fully saturated rings. The highest BCUT2D eigenvalue weighted by molar-refractivity contribution is 6.00. The molecule has 1 atom stereocenters. The van der Waals surface area contributed by atoms with Crippen LogP contribution < -0.4 is 15.3 Å². The number of nitrogens with zero attached hydrogens (tertiary/aromatic N) is 3. The van der Waals surface area contributed by atoms with E-state index in [9.17, 15) is 10.1 Å². The third-order valence-corrected chi connectivity index (χ3v) is 3.11. The van der Waals surface area contributed by atoms with Crippen molar-refractivity contribution in [1.29, 1.82) is 5.26 Å². The summed E-state index contributed by atoms with van der Waals surface area (Å²) in [6.07, 6.45) is 1.31. The second-order valence-corrected chi connectivity index (χ2v) is 5.67. The van der Waals surface area contributed by atoms with Crippen LogP contribution in [0, 0.1) is 17.2 Å². The Morgan fingerprint density at radius 2 is 2.32 bits per heavy atom. The molecule has 7 nitrogen and oxygen atoms in total. The van der Waals surface area contributed by atoms with E-state index in [-0.39, 0.29) is 0 Å². The zero-order chi connectivity index (χ0) is 16.3. The van der Waals surface area contributed by atoms with E-state index in [0.29, 0.717) is 29.5 Å². The van der Waals surface area contributed by atoms with Crippen molar-refractivity contribution in [2.24, 2.45) is 11.0 Å². The number of hydrazone groups is 1. The molecule has 0 saturated carbocycles. The highest BCUT2D eigenvalue weighted by atomic mass is 16.5. The summed E-state index contributed by atoms with van der Waals surface area (Å²) in [6, 6.07) is 7.08. The number of nitriles is 1. The van der Waals surface area contributed by atoms with E-state index in [2.05, 4.69) is 16.6 Å². The zero-order valence-corrected chi connectivity index (χ0v) is 12.7. The summed E-state index contributed by atoms with van der Waals surface area (Å²) in [5, 5.41) is 23.8. The molecule has 0 aliphatic carbocycles. The van der Waals surface area contributed by atoms with Gasteiger partial charge in [-0.2, -0.15) is 20.9 Å². The molecular weight excluding hydrogens is 284 g/mol. The first-order chi connectivity index (χ1) is 10.4. The maximum absolute atomic E-state index is 11.2. The lowest BCUT2D eigenvalue weighted by Gasteiger charge is -2.22. The topological polar surface area (TPSA) is 97.9 Å². The number of ether oxygens (including phenoxy) is 1. The van der Waals surface area contributed by atoms with Crippen LogP contribution in [0.25, 0.3) is 0 Å². The average molecular weight is 302 g/mol. The van der Waals surface area contributed by atoms with Crippen molar-refractivity contribution in [3.05, 3.63) is 23.8 Å². The van der Waals surface area contributed by atoms with E-state index in [4.69, 9.17) is 9.84 Å². The molecule has 1 aromatic carbocycles. The molecule has 7 heteroatoms. The lowest BCUT2D eigenvalue weighted by atomic mass is 10.1. The number of hydrazine groups is 1. The molecule has 2 rings (SSSR count). The van der Waals surface area contributed by atoms with Gasteiger partial charge in [0.25, 0.3) is 0 Å². The molecule has 116 valence electrons. The molecule has 0 bridgehead atoms. The van der Waals surface area contributed by atoms with E-state index in [0.717, 1.165) is 0 Å². The smallest absolute Gasteiger partial charge is 0.331 e. The van der Waals surface area contributed by atoms with Gasteiger partial charge >= 0.3 is 5.97 Å². The summed E-state index contributed by atoms with van der Waals surface area (Å²) in [7, 11) is 0. The fourth-order valence-corrected chi connectivity index (χ4v) is 1.80. The van der Waals surface area contributed by atoms with Gasteiger partial charge in [0.1, 0.15) is 11.8 Å². The molecule has 22 heavy (non-hydrogen) atoms. The summed E-state index contributed by atoms with van der Waals surface area (Å²) in [6.45, 7) is 6.07. The first kappa shape index (κ1) is 15.8. The number of carboxylic acid groups (broad SMARTS) is 1. The third-order valence-electron chi connectivity index (χ3n) is 3.11. The van der Waals surface area contributed by atoms with Gasteiger partial charge in [0.05, 0.1) is 24.1 Å². The molecular formula is C15H18N4O3. The maximum Gasteiger partial charge on any atom is 0.331 e. The number of hydrogen-bond acceptors (Lipinski definition) is 6. The monoisotopic (exact) mass is 302 g/mol. The van der Waals surface area contributed by atoms with Crippen LogP contribution in [0.4, 0.5) is 5.69 Å². The Morgan fingerprint density at radius 1 is 1.59 bits per heavy atom. The predicted molar refractivity (Wildman–Crippen MR) is 81.6 cm³/mol. The number of carbonyl (C=O) groups is 1. The van der Waals surface area contributed by atoms with E-state index in [1.165, 1.54) is 18.3 Å². The first-order valence-electron chi connectivity index (χ1n) is 6.89. The number of benzene rings is 1. The average Bonchev–Trinajstić information content (AvgIpc) is 2.89. The number of nitrogens with one attached hydrogen (secondary N) is 1. The van der Waals surface area contributed by atoms with Gasteiger partial charge in [0.15, 0.2) is 5.54 Å². The van der Waals surface area contributed by atoms with Crippen LogP contribution in [-0.2, 0) is 4.79 Å². The molecule has 0 spiro atoms. The Bertz CT molecular complexity index is 651. The summed E-state index contributed by atoms with van der Waals surface area (Å²) >= 11 is 0.